The molecular formula is C44H53ClN10O7S. The van der Waals surface area contributed by atoms with Crippen molar-refractivity contribution in [1.82, 2.24) is 30.0 Å². The van der Waals surface area contributed by atoms with Crippen LogP contribution in [-0.4, -0.2) is 129 Å². The van der Waals surface area contributed by atoms with E-state index in [0.717, 1.165) is 87.5 Å². The number of benzene rings is 3. The van der Waals surface area contributed by atoms with Crippen LogP contribution in [0.2, 0.25) is 5.02 Å². The van der Waals surface area contributed by atoms with Gasteiger partial charge in [-0.15, -0.1) is 0 Å². The highest BCUT2D eigenvalue weighted by Gasteiger charge is 2.39. The van der Waals surface area contributed by atoms with Crippen molar-refractivity contribution in [3.8, 4) is 11.5 Å². The Balaban J connectivity index is 0.872. The van der Waals surface area contributed by atoms with E-state index in [4.69, 9.17) is 29.3 Å². The number of aryl methyl sites for hydroxylation is 1. The average Bonchev–Trinajstić information content (AvgIpc) is 3.62. The lowest BCUT2D eigenvalue weighted by Gasteiger charge is -2.43. The van der Waals surface area contributed by atoms with Gasteiger partial charge in [0.15, 0.2) is 5.82 Å². The fourth-order valence-corrected chi connectivity index (χ4v) is 9.52. The molecule has 0 bridgehead atoms. The number of halogens is 1. The van der Waals surface area contributed by atoms with Crippen molar-refractivity contribution in [1.29, 1.82) is 0 Å². The SMILES string of the molecule is [2H]C([2H])([2H])Oc1cc(N2CCC(N3CCN(CCc4ccc5c(c4)CN(C4CCC(=O)NC4=O)C5=O)CC3)CC2)c(C)cc1Nc1ncc(Cl)c(Nc2cccc(OC)c2NS(=O)(=O)C([2H])([2H])[2H])n1. The zero-order chi connectivity index (χ0) is 49.4. The number of ether oxygens (including phenoxy) is 2. The van der Waals surface area contributed by atoms with Crippen molar-refractivity contribution in [2.24, 2.45) is 0 Å². The van der Waals surface area contributed by atoms with E-state index in [9.17, 15) is 22.8 Å². The van der Waals surface area contributed by atoms with E-state index in [1.54, 1.807) is 23.1 Å². The summed E-state index contributed by atoms with van der Waals surface area (Å²) >= 11 is 6.47. The van der Waals surface area contributed by atoms with Crippen LogP contribution in [0.15, 0.2) is 54.7 Å². The van der Waals surface area contributed by atoms with Gasteiger partial charge in [-0.1, -0.05) is 29.8 Å². The molecule has 0 aliphatic carbocycles. The van der Waals surface area contributed by atoms with Crippen molar-refractivity contribution in [2.45, 2.75) is 57.7 Å². The lowest BCUT2D eigenvalue weighted by atomic mass is 10.00. The first kappa shape index (κ1) is 36.8. The molecule has 5 heterocycles. The fraction of sp³-hybridized carbons (Fsp3) is 0.432. The molecule has 4 aliphatic heterocycles. The zero-order valence-corrected chi connectivity index (χ0v) is 36.4. The van der Waals surface area contributed by atoms with Crippen LogP contribution in [0.4, 0.5) is 34.5 Å². The van der Waals surface area contributed by atoms with E-state index < -0.39 is 35.2 Å². The Morgan fingerprint density at radius 2 is 1.76 bits per heavy atom. The van der Waals surface area contributed by atoms with Gasteiger partial charge >= 0.3 is 0 Å². The van der Waals surface area contributed by atoms with Gasteiger partial charge in [0, 0.05) is 86.3 Å². The fourth-order valence-electron chi connectivity index (χ4n) is 8.90. The molecule has 1 aromatic heterocycles. The van der Waals surface area contributed by atoms with Gasteiger partial charge < -0.3 is 34.8 Å². The molecule has 334 valence electrons. The maximum absolute atomic E-state index is 13.1. The Bertz CT molecular complexity index is 2740. The molecule has 1 atom stereocenters. The minimum Gasteiger partial charge on any atom is -0.494 e. The number of hydrogen-bond donors (Lipinski definition) is 4. The number of methoxy groups -OCH3 is 2. The molecule has 3 aromatic carbocycles. The standard InChI is InChI=1S/C44H53ClN10O7S/c1-27-22-34(48-44-46-25-32(45)41(50-44)47-33-6-5-7-37(61-2)40(33)51-63(4,59)60)38(62-3)24-36(27)54-16-13-30(14-17-54)53-20-18-52(19-21-53)15-12-28-8-9-31-29(23-28)26-55(43(31)58)35-10-11-39(56)49-42(35)57/h5-9,22-25,30,35,51H,10-21,26H2,1-4H3,(H,49,56,57)(H2,46,47,48,50)/i3D3,4D3. The number of nitrogens with one attached hydrogen (secondary N) is 4. The van der Waals surface area contributed by atoms with Gasteiger partial charge in [-0.25, -0.2) is 13.4 Å². The highest BCUT2D eigenvalue weighted by Crippen LogP contribution is 2.39. The van der Waals surface area contributed by atoms with Gasteiger partial charge in [0.25, 0.3) is 5.91 Å². The first-order valence-corrected chi connectivity index (χ1v) is 22.6. The summed E-state index contributed by atoms with van der Waals surface area (Å²) in [7, 11) is -6.35. The van der Waals surface area contributed by atoms with E-state index in [-0.39, 0.29) is 63.6 Å². The van der Waals surface area contributed by atoms with Gasteiger partial charge in [0.2, 0.25) is 27.8 Å². The number of para-hydroxylation sites is 1. The molecule has 3 amide bonds. The molecule has 0 spiro atoms. The number of fused-ring (bicyclic) bond motifs is 1. The van der Waals surface area contributed by atoms with Crippen LogP contribution >= 0.6 is 11.6 Å². The average molecular weight is 908 g/mol. The van der Waals surface area contributed by atoms with Gasteiger partial charge in [-0.2, -0.15) is 4.98 Å². The number of amides is 3. The van der Waals surface area contributed by atoms with Gasteiger partial charge in [0.05, 0.1) is 42.0 Å². The van der Waals surface area contributed by atoms with Crippen molar-refractivity contribution >= 4 is 73.9 Å². The van der Waals surface area contributed by atoms with Crippen molar-refractivity contribution in [2.75, 3.05) is 86.4 Å². The summed E-state index contributed by atoms with van der Waals surface area (Å²) in [4.78, 5) is 54.8. The number of anilines is 6. The molecule has 1 unspecified atom stereocenters. The van der Waals surface area contributed by atoms with Crippen molar-refractivity contribution < 1.29 is 40.5 Å². The molecule has 17 nitrogen and oxygen atoms in total. The zero-order valence-electron chi connectivity index (χ0n) is 40.9. The summed E-state index contributed by atoms with van der Waals surface area (Å²) in [6, 6.07) is 13.6. The van der Waals surface area contributed by atoms with Crippen LogP contribution in [-0.2, 0) is 32.6 Å². The molecule has 0 radical (unpaired) electrons. The second-order valence-corrected chi connectivity index (χ2v) is 17.7. The smallest absolute Gasteiger partial charge is 0.255 e. The normalized spacial score (nSPS) is 20.7. The molecule has 4 aromatic rings. The number of carbonyl (C=O) groups excluding carboxylic acids is 3. The van der Waals surface area contributed by atoms with Crippen molar-refractivity contribution in [3.63, 3.8) is 0 Å². The number of rotatable bonds is 14. The maximum atomic E-state index is 13.1. The Kier molecular flexibility index (Phi) is 10.8. The third kappa shape index (κ3) is 9.93. The van der Waals surface area contributed by atoms with Crippen LogP contribution in [0, 0.1) is 6.92 Å². The third-order valence-corrected chi connectivity index (χ3v) is 12.9. The predicted octanol–water partition coefficient (Wildman–Crippen LogP) is 4.90. The largest absolute Gasteiger partial charge is 0.494 e. The number of piperazine rings is 1. The number of hydrogen-bond acceptors (Lipinski definition) is 14. The minimum absolute atomic E-state index is 0.00471. The molecule has 8 rings (SSSR count). The topological polar surface area (TPSA) is 191 Å². The monoisotopic (exact) mass is 906 g/mol. The molecule has 4 N–H and O–H groups in total. The maximum Gasteiger partial charge on any atom is 0.255 e. The predicted molar refractivity (Wildman–Crippen MR) is 242 cm³/mol. The first-order chi connectivity index (χ1) is 32.7. The molecule has 19 heteroatoms. The summed E-state index contributed by atoms with van der Waals surface area (Å²) in [5, 5.41) is 8.34. The number of sulfonamides is 1. The quantitative estimate of drug-likeness (QED) is 0.125. The number of imide groups is 1. The lowest BCUT2D eigenvalue weighted by molar-refractivity contribution is -0.136. The highest BCUT2D eigenvalue weighted by atomic mass is 35.5. The first-order valence-electron chi connectivity index (χ1n) is 23.7. The molecule has 0 saturated carbocycles. The number of nitrogens with zero attached hydrogens (tertiary/aromatic N) is 6. The van der Waals surface area contributed by atoms with Gasteiger partial charge in [-0.3, -0.25) is 29.3 Å². The Morgan fingerprint density at radius 1 is 0.952 bits per heavy atom. The molecule has 3 saturated heterocycles. The molecular weight excluding hydrogens is 848 g/mol. The number of aromatic nitrogens is 2. The molecule has 3 fully saturated rings. The van der Waals surface area contributed by atoms with E-state index >= 15 is 0 Å². The van der Waals surface area contributed by atoms with Crippen LogP contribution < -0.4 is 35.0 Å². The summed E-state index contributed by atoms with van der Waals surface area (Å²) in [5.74, 6) is -0.840. The summed E-state index contributed by atoms with van der Waals surface area (Å²) in [6.07, 6.45) is 1.13. The summed E-state index contributed by atoms with van der Waals surface area (Å²) < 4.78 is 84.3. The Labute approximate surface area is 380 Å². The minimum atomic E-state index is -4.85. The second-order valence-electron chi connectivity index (χ2n) is 16.1. The van der Waals surface area contributed by atoms with Crippen LogP contribution in [0.1, 0.15) is 61.0 Å². The van der Waals surface area contributed by atoms with Crippen LogP contribution in [0.3, 0.4) is 0 Å². The van der Waals surface area contributed by atoms with Gasteiger partial charge in [0.1, 0.15) is 28.3 Å². The van der Waals surface area contributed by atoms with E-state index in [1.165, 1.54) is 25.4 Å². The summed E-state index contributed by atoms with van der Waals surface area (Å²) in [6.45, 7) is 8.40. The Morgan fingerprint density at radius 3 is 2.51 bits per heavy atom. The lowest BCUT2D eigenvalue weighted by Crippen LogP contribution is -2.53. The number of piperidine rings is 2. The Hall–Kier alpha value is -5.69. The van der Waals surface area contributed by atoms with E-state index in [1.807, 2.05) is 19.1 Å². The van der Waals surface area contributed by atoms with Gasteiger partial charge in [-0.05, 0) is 73.6 Å². The number of carbonyl (C=O) groups is 3. The van der Waals surface area contributed by atoms with E-state index in [2.05, 4.69) is 51.4 Å². The molecule has 4 aliphatic rings. The van der Waals surface area contributed by atoms with Crippen LogP contribution in [0.25, 0.3) is 0 Å². The second kappa shape index (κ2) is 18.6. The van der Waals surface area contributed by atoms with E-state index in [0.29, 0.717) is 24.6 Å². The highest BCUT2D eigenvalue weighted by molar-refractivity contribution is 7.92. The third-order valence-electron chi connectivity index (χ3n) is 12.2. The molecule has 63 heavy (non-hydrogen) atoms. The van der Waals surface area contributed by atoms with Crippen LogP contribution in [0.5, 0.6) is 11.5 Å². The summed E-state index contributed by atoms with van der Waals surface area (Å²) in [5.41, 5.74) is 4.47. The van der Waals surface area contributed by atoms with Crippen molar-refractivity contribution in [3.05, 3.63) is 82.0 Å².